The van der Waals surface area contributed by atoms with Crippen molar-refractivity contribution >= 4 is 33.3 Å². The monoisotopic (exact) mass is 644 g/mol. The molecule has 50 heavy (non-hydrogen) atoms. The molecular weight excluding hydrogens is 613 g/mol. The zero-order chi connectivity index (χ0) is 33.0. The van der Waals surface area contributed by atoms with Gasteiger partial charge in [-0.2, -0.15) is 0 Å². The van der Waals surface area contributed by atoms with Gasteiger partial charge in [0.1, 0.15) is 11.2 Å². The highest BCUT2D eigenvalue weighted by Gasteiger charge is 2.38. The highest BCUT2D eigenvalue weighted by molar-refractivity contribution is 6.12. The second kappa shape index (κ2) is 11.7. The van der Waals surface area contributed by atoms with Gasteiger partial charge in [-0.05, 0) is 72.0 Å². The Morgan fingerprint density at radius 3 is 1.94 bits per heavy atom. The molecule has 5 heteroatoms. The smallest absolute Gasteiger partial charge is 0.164 e. The molecule has 5 nitrogen and oxygen atoms in total. The van der Waals surface area contributed by atoms with E-state index in [1.54, 1.807) is 0 Å². The fourth-order valence-electron chi connectivity index (χ4n) is 7.85. The van der Waals surface area contributed by atoms with Crippen LogP contribution in [0.3, 0.4) is 0 Å². The molecule has 8 aromatic rings. The minimum atomic E-state index is 0.336. The maximum absolute atomic E-state index is 6.16. The Bertz CT molecular complexity index is 2550. The predicted molar refractivity (Wildman–Crippen MR) is 202 cm³/mol. The molecule has 2 atom stereocenters. The average Bonchev–Trinajstić information content (AvgIpc) is 3.74. The van der Waals surface area contributed by atoms with E-state index in [2.05, 4.69) is 114 Å². The van der Waals surface area contributed by atoms with Gasteiger partial charge in [0.05, 0.1) is 6.04 Å². The second-order valence-electron chi connectivity index (χ2n) is 13.1. The van der Waals surface area contributed by atoms with E-state index in [9.17, 15) is 0 Å². The Kier molecular flexibility index (Phi) is 6.69. The summed E-state index contributed by atoms with van der Waals surface area (Å²) in [5.41, 5.74) is 10.8. The van der Waals surface area contributed by atoms with Crippen molar-refractivity contribution in [2.45, 2.75) is 24.8 Å². The van der Waals surface area contributed by atoms with Crippen LogP contribution in [0.4, 0.5) is 11.4 Å². The minimum Gasteiger partial charge on any atom is -0.456 e. The van der Waals surface area contributed by atoms with Crippen molar-refractivity contribution in [3.63, 3.8) is 0 Å². The maximum Gasteiger partial charge on any atom is 0.164 e. The van der Waals surface area contributed by atoms with Crippen molar-refractivity contribution in [3.8, 4) is 45.3 Å². The van der Waals surface area contributed by atoms with Crippen molar-refractivity contribution in [2.24, 2.45) is 0 Å². The molecule has 0 fully saturated rings. The fourth-order valence-corrected chi connectivity index (χ4v) is 7.85. The van der Waals surface area contributed by atoms with Crippen LogP contribution in [0.2, 0.25) is 0 Å². The number of rotatable bonds is 5. The van der Waals surface area contributed by atoms with Crippen LogP contribution in [0.1, 0.15) is 24.3 Å². The van der Waals surface area contributed by atoms with Crippen molar-refractivity contribution in [2.75, 3.05) is 4.90 Å². The van der Waals surface area contributed by atoms with Gasteiger partial charge in [-0.3, -0.25) is 0 Å². The average molecular weight is 645 g/mol. The molecular formula is C45H32N4O. The van der Waals surface area contributed by atoms with E-state index in [0.717, 1.165) is 56.2 Å². The van der Waals surface area contributed by atoms with Crippen molar-refractivity contribution in [3.05, 3.63) is 163 Å². The molecule has 1 aliphatic carbocycles. The molecule has 1 aliphatic heterocycles. The summed E-state index contributed by atoms with van der Waals surface area (Å²) in [6, 6.07) is 51.0. The Hall–Kier alpha value is -6.33. The third kappa shape index (κ3) is 4.73. The van der Waals surface area contributed by atoms with Gasteiger partial charge in [0.15, 0.2) is 17.5 Å². The number of anilines is 2. The van der Waals surface area contributed by atoms with Crippen LogP contribution in [0, 0.1) is 0 Å². The van der Waals surface area contributed by atoms with Gasteiger partial charge in [0.25, 0.3) is 0 Å². The highest BCUT2D eigenvalue weighted by atomic mass is 16.3. The van der Waals surface area contributed by atoms with Crippen LogP contribution >= 0.6 is 0 Å². The van der Waals surface area contributed by atoms with E-state index < -0.39 is 0 Å². The summed E-state index contributed by atoms with van der Waals surface area (Å²) in [6.07, 6.45) is 7.03. The maximum atomic E-state index is 6.16. The third-order valence-corrected chi connectivity index (χ3v) is 10.2. The van der Waals surface area contributed by atoms with Crippen molar-refractivity contribution in [1.29, 1.82) is 0 Å². The summed E-state index contributed by atoms with van der Waals surface area (Å²) in [6.45, 7) is 0. The molecule has 0 saturated heterocycles. The number of nitrogens with zero attached hydrogens (tertiary/aromatic N) is 4. The SMILES string of the molecule is C1=CC2C(CC1)c1ccccc1N2c1ccc(-c2nc(-c3ccccc3)nc(-c3ccc(-c4cccc5oc6ccccc6c45)cc3)n2)cc1. The van der Waals surface area contributed by atoms with E-state index in [1.165, 1.54) is 23.4 Å². The van der Waals surface area contributed by atoms with Crippen molar-refractivity contribution < 1.29 is 4.42 Å². The normalized spacial score (nSPS) is 16.5. The van der Waals surface area contributed by atoms with E-state index in [0.29, 0.717) is 29.4 Å². The zero-order valence-electron chi connectivity index (χ0n) is 27.3. The van der Waals surface area contributed by atoms with Gasteiger partial charge in [-0.25, -0.2) is 15.0 Å². The van der Waals surface area contributed by atoms with E-state index >= 15 is 0 Å². The van der Waals surface area contributed by atoms with Crippen LogP contribution in [0.5, 0.6) is 0 Å². The lowest BCUT2D eigenvalue weighted by Gasteiger charge is -2.30. The highest BCUT2D eigenvalue weighted by Crippen LogP contribution is 2.49. The Morgan fingerprint density at radius 1 is 0.540 bits per heavy atom. The third-order valence-electron chi connectivity index (χ3n) is 10.2. The number of hydrogen-bond donors (Lipinski definition) is 0. The molecule has 0 N–H and O–H groups in total. The quantitative estimate of drug-likeness (QED) is 0.175. The number of hydrogen-bond acceptors (Lipinski definition) is 5. The summed E-state index contributed by atoms with van der Waals surface area (Å²) in [4.78, 5) is 17.5. The first-order valence-corrected chi connectivity index (χ1v) is 17.3. The fraction of sp³-hybridized carbons (Fsp3) is 0.0889. The van der Waals surface area contributed by atoms with Gasteiger partial charge < -0.3 is 9.32 Å². The lowest BCUT2D eigenvalue weighted by atomic mass is 9.86. The van der Waals surface area contributed by atoms with Crippen LogP contribution in [-0.2, 0) is 0 Å². The van der Waals surface area contributed by atoms with Crippen LogP contribution in [-0.4, -0.2) is 21.0 Å². The minimum absolute atomic E-state index is 0.336. The molecule has 0 saturated carbocycles. The summed E-state index contributed by atoms with van der Waals surface area (Å²) in [7, 11) is 0. The molecule has 0 radical (unpaired) electrons. The van der Waals surface area contributed by atoms with E-state index in [-0.39, 0.29) is 0 Å². The van der Waals surface area contributed by atoms with Crippen LogP contribution in [0.15, 0.2) is 162 Å². The van der Waals surface area contributed by atoms with Crippen LogP contribution in [0.25, 0.3) is 67.2 Å². The summed E-state index contributed by atoms with van der Waals surface area (Å²) in [5.74, 6) is 2.46. The molecule has 238 valence electrons. The lowest BCUT2D eigenvalue weighted by Crippen LogP contribution is -2.29. The first-order valence-electron chi connectivity index (χ1n) is 17.3. The van der Waals surface area contributed by atoms with Crippen LogP contribution < -0.4 is 4.90 Å². The first kappa shape index (κ1) is 28.7. The molecule has 0 bridgehead atoms. The van der Waals surface area contributed by atoms with Crippen molar-refractivity contribution in [1.82, 2.24) is 15.0 Å². The number of furan rings is 1. The number of para-hydroxylation sites is 2. The Balaban J connectivity index is 1.03. The van der Waals surface area contributed by atoms with E-state index in [4.69, 9.17) is 19.4 Å². The molecule has 10 rings (SSSR count). The molecule has 0 amide bonds. The van der Waals surface area contributed by atoms with Gasteiger partial charge >= 0.3 is 0 Å². The number of allylic oxidation sites excluding steroid dienone is 1. The van der Waals surface area contributed by atoms with Gasteiger partial charge in [-0.15, -0.1) is 0 Å². The van der Waals surface area contributed by atoms with Gasteiger partial charge in [0.2, 0.25) is 0 Å². The number of fused-ring (bicyclic) bond motifs is 6. The summed E-state index contributed by atoms with van der Waals surface area (Å²) >= 11 is 0. The van der Waals surface area contributed by atoms with E-state index in [1.807, 2.05) is 48.5 Å². The number of aromatic nitrogens is 3. The Morgan fingerprint density at radius 2 is 1.16 bits per heavy atom. The molecule has 2 unspecified atom stereocenters. The lowest BCUT2D eigenvalue weighted by molar-refractivity contribution is 0.573. The molecule has 0 spiro atoms. The standard InChI is InChI=1S/C45H32N4O/c1-2-11-30(12-3-1)43-46-44(31-23-21-29(22-24-31)34-16-10-20-41-42(34)37-15-6-9-19-40(37)50-41)48-45(47-43)32-25-27-33(28-26-32)49-38-17-7-4-13-35(38)36-14-5-8-18-39(36)49/h1-4,6-13,15-28,36,39H,5,14H2. The molecule has 2 aromatic heterocycles. The second-order valence-corrected chi connectivity index (χ2v) is 13.1. The Labute approximate surface area is 290 Å². The molecule has 3 heterocycles. The first-order chi connectivity index (χ1) is 24.8. The zero-order valence-corrected chi connectivity index (χ0v) is 27.3. The number of benzene rings is 6. The molecule has 2 aliphatic rings. The topological polar surface area (TPSA) is 55.1 Å². The van der Waals surface area contributed by atoms with Gasteiger partial charge in [-0.1, -0.05) is 115 Å². The summed E-state index contributed by atoms with van der Waals surface area (Å²) in [5, 5.41) is 2.24. The summed E-state index contributed by atoms with van der Waals surface area (Å²) < 4.78 is 6.16. The molecule has 6 aromatic carbocycles. The predicted octanol–water partition coefficient (Wildman–Crippen LogP) is 11.4. The van der Waals surface area contributed by atoms with Gasteiger partial charge in [0, 0.05) is 44.8 Å². The largest absolute Gasteiger partial charge is 0.456 e.